The van der Waals surface area contributed by atoms with Crippen LogP contribution in [0.15, 0.2) is 12.5 Å². The molecule has 0 N–H and O–H groups in total. The van der Waals surface area contributed by atoms with Crippen molar-refractivity contribution in [3.05, 3.63) is 23.2 Å². The lowest BCUT2D eigenvalue weighted by molar-refractivity contribution is -0.140. The zero-order valence-electron chi connectivity index (χ0n) is 9.61. The summed E-state index contributed by atoms with van der Waals surface area (Å²) in [7, 11) is 1.89. The summed E-state index contributed by atoms with van der Waals surface area (Å²) < 4.78 is 6.79. The van der Waals surface area contributed by atoms with Crippen LogP contribution < -0.4 is 0 Å². The summed E-state index contributed by atoms with van der Waals surface area (Å²) in [4.78, 5) is 18.8. The average molecular weight is 254 g/mol. The van der Waals surface area contributed by atoms with Gasteiger partial charge in [0.05, 0.1) is 12.0 Å². The topological polar surface area (TPSA) is 57.0 Å². The molecule has 0 saturated heterocycles. The second-order valence-electron chi connectivity index (χ2n) is 3.72. The summed E-state index contributed by atoms with van der Waals surface area (Å²) >= 11 is 6.04. The standard InChI is InChI=1S/C11H12ClN3O2/c1-7(16)17-4-3-8-5-15(2)11-9(8)10(12)13-6-14-11/h5-6H,3-4H2,1-2H3. The first kappa shape index (κ1) is 11.9. The van der Waals surface area contributed by atoms with Crippen LogP contribution in [-0.4, -0.2) is 27.1 Å². The van der Waals surface area contributed by atoms with Gasteiger partial charge in [-0.3, -0.25) is 4.79 Å². The molecule has 0 bridgehead atoms. The number of aromatic nitrogens is 3. The molecule has 0 aliphatic rings. The predicted molar refractivity (Wildman–Crippen MR) is 63.9 cm³/mol. The van der Waals surface area contributed by atoms with E-state index in [9.17, 15) is 4.79 Å². The molecule has 0 amide bonds. The lowest BCUT2D eigenvalue weighted by Crippen LogP contribution is -2.03. The Morgan fingerprint density at radius 1 is 1.53 bits per heavy atom. The van der Waals surface area contributed by atoms with Crippen LogP contribution in [0, 0.1) is 0 Å². The molecule has 90 valence electrons. The van der Waals surface area contributed by atoms with Crippen LogP contribution in [0.5, 0.6) is 0 Å². The summed E-state index contributed by atoms with van der Waals surface area (Å²) in [6.45, 7) is 1.72. The van der Waals surface area contributed by atoms with E-state index in [1.165, 1.54) is 13.3 Å². The Kier molecular flexibility index (Phi) is 3.28. The fourth-order valence-electron chi connectivity index (χ4n) is 1.75. The van der Waals surface area contributed by atoms with E-state index >= 15 is 0 Å². The van der Waals surface area contributed by atoms with E-state index < -0.39 is 0 Å². The van der Waals surface area contributed by atoms with Crippen LogP contribution in [0.1, 0.15) is 12.5 Å². The minimum Gasteiger partial charge on any atom is -0.466 e. The molecule has 2 aromatic heterocycles. The highest BCUT2D eigenvalue weighted by molar-refractivity contribution is 6.34. The smallest absolute Gasteiger partial charge is 0.302 e. The van der Waals surface area contributed by atoms with E-state index in [1.54, 1.807) is 0 Å². The second kappa shape index (κ2) is 4.71. The maximum absolute atomic E-state index is 10.7. The molecule has 0 aliphatic heterocycles. The fraction of sp³-hybridized carbons (Fsp3) is 0.364. The molecule has 0 aromatic carbocycles. The first-order chi connectivity index (χ1) is 8.09. The molecular formula is C11H12ClN3O2. The van der Waals surface area contributed by atoms with Crippen LogP contribution >= 0.6 is 11.6 Å². The maximum atomic E-state index is 10.7. The number of ether oxygens (including phenoxy) is 1. The van der Waals surface area contributed by atoms with Gasteiger partial charge in [-0.2, -0.15) is 0 Å². The summed E-state index contributed by atoms with van der Waals surface area (Å²) in [6, 6.07) is 0. The van der Waals surface area contributed by atoms with Crippen molar-refractivity contribution in [2.24, 2.45) is 7.05 Å². The molecule has 0 spiro atoms. The Morgan fingerprint density at radius 2 is 2.29 bits per heavy atom. The van der Waals surface area contributed by atoms with Gasteiger partial charge in [0.25, 0.3) is 0 Å². The third kappa shape index (κ3) is 2.39. The van der Waals surface area contributed by atoms with Crippen molar-refractivity contribution in [2.75, 3.05) is 6.61 Å². The van der Waals surface area contributed by atoms with E-state index in [2.05, 4.69) is 9.97 Å². The Morgan fingerprint density at radius 3 is 3.00 bits per heavy atom. The van der Waals surface area contributed by atoms with E-state index in [0.717, 1.165) is 16.6 Å². The normalized spacial score (nSPS) is 10.8. The largest absolute Gasteiger partial charge is 0.466 e. The number of carbonyl (C=O) groups excluding carboxylic acids is 1. The molecule has 5 nitrogen and oxygen atoms in total. The second-order valence-corrected chi connectivity index (χ2v) is 4.08. The molecule has 6 heteroatoms. The minimum atomic E-state index is -0.285. The van der Waals surface area contributed by atoms with Crippen molar-refractivity contribution in [1.82, 2.24) is 14.5 Å². The van der Waals surface area contributed by atoms with Crippen molar-refractivity contribution < 1.29 is 9.53 Å². The molecule has 0 unspecified atom stereocenters. The van der Waals surface area contributed by atoms with Gasteiger partial charge in [-0.1, -0.05) is 11.6 Å². The number of esters is 1. The summed E-state index contributed by atoms with van der Waals surface area (Å²) in [5.74, 6) is -0.285. The van der Waals surface area contributed by atoms with Gasteiger partial charge in [0.15, 0.2) is 0 Å². The van der Waals surface area contributed by atoms with Crippen LogP contribution in [-0.2, 0) is 23.0 Å². The fourth-order valence-corrected chi connectivity index (χ4v) is 2.00. The summed E-state index contributed by atoms with van der Waals surface area (Å²) in [6.07, 6.45) is 3.96. The third-order valence-corrected chi connectivity index (χ3v) is 2.75. The van der Waals surface area contributed by atoms with Crippen LogP contribution in [0.25, 0.3) is 11.0 Å². The molecule has 0 atom stereocenters. The van der Waals surface area contributed by atoms with Crippen molar-refractivity contribution in [2.45, 2.75) is 13.3 Å². The van der Waals surface area contributed by atoms with Crippen LogP contribution in [0.2, 0.25) is 5.15 Å². The Balaban J connectivity index is 2.31. The first-order valence-electron chi connectivity index (χ1n) is 5.17. The molecule has 0 aliphatic carbocycles. The molecule has 2 heterocycles. The van der Waals surface area contributed by atoms with Gasteiger partial charge in [-0.15, -0.1) is 0 Å². The van der Waals surface area contributed by atoms with Gasteiger partial charge in [0, 0.05) is 26.6 Å². The van der Waals surface area contributed by atoms with E-state index in [0.29, 0.717) is 18.2 Å². The highest BCUT2D eigenvalue weighted by Crippen LogP contribution is 2.25. The number of rotatable bonds is 3. The monoisotopic (exact) mass is 253 g/mol. The molecule has 17 heavy (non-hydrogen) atoms. The van der Waals surface area contributed by atoms with Crippen molar-refractivity contribution in [3.8, 4) is 0 Å². The maximum Gasteiger partial charge on any atom is 0.302 e. The molecular weight excluding hydrogens is 242 g/mol. The number of hydrogen-bond donors (Lipinski definition) is 0. The Hall–Kier alpha value is -1.62. The molecule has 2 rings (SSSR count). The highest BCUT2D eigenvalue weighted by atomic mass is 35.5. The first-order valence-corrected chi connectivity index (χ1v) is 5.55. The van der Waals surface area contributed by atoms with Gasteiger partial charge in [-0.25, -0.2) is 9.97 Å². The van der Waals surface area contributed by atoms with Gasteiger partial charge < -0.3 is 9.30 Å². The summed E-state index contributed by atoms with van der Waals surface area (Å²) in [5, 5.41) is 1.25. The Labute approximate surface area is 103 Å². The number of carbonyl (C=O) groups is 1. The number of halogens is 1. The number of aryl methyl sites for hydroxylation is 1. The van der Waals surface area contributed by atoms with Crippen molar-refractivity contribution >= 4 is 28.6 Å². The average Bonchev–Trinajstić information content (AvgIpc) is 2.57. The van der Waals surface area contributed by atoms with Gasteiger partial charge in [-0.05, 0) is 5.56 Å². The minimum absolute atomic E-state index is 0.285. The third-order valence-electron chi connectivity index (χ3n) is 2.46. The molecule has 2 aromatic rings. The van der Waals surface area contributed by atoms with Crippen LogP contribution in [0.4, 0.5) is 0 Å². The van der Waals surface area contributed by atoms with Crippen LogP contribution in [0.3, 0.4) is 0 Å². The number of hydrogen-bond acceptors (Lipinski definition) is 4. The Bertz CT molecular complexity index is 565. The van der Waals surface area contributed by atoms with E-state index in [1.807, 2.05) is 17.8 Å². The quantitative estimate of drug-likeness (QED) is 0.617. The predicted octanol–water partition coefficient (Wildman–Crippen LogP) is 1.73. The van der Waals surface area contributed by atoms with Crippen molar-refractivity contribution in [1.29, 1.82) is 0 Å². The van der Waals surface area contributed by atoms with E-state index in [-0.39, 0.29) is 5.97 Å². The molecule has 0 saturated carbocycles. The van der Waals surface area contributed by atoms with Gasteiger partial charge >= 0.3 is 5.97 Å². The lowest BCUT2D eigenvalue weighted by Gasteiger charge is -2.01. The summed E-state index contributed by atoms with van der Waals surface area (Å²) in [5.41, 5.74) is 1.76. The number of nitrogens with zero attached hydrogens (tertiary/aromatic N) is 3. The number of fused-ring (bicyclic) bond motifs is 1. The van der Waals surface area contributed by atoms with Crippen molar-refractivity contribution in [3.63, 3.8) is 0 Å². The lowest BCUT2D eigenvalue weighted by atomic mass is 10.2. The SMILES string of the molecule is CC(=O)OCCc1cn(C)c2ncnc(Cl)c12. The molecule has 0 radical (unpaired) electrons. The van der Waals surface area contributed by atoms with Gasteiger partial charge in [0.1, 0.15) is 17.1 Å². The van der Waals surface area contributed by atoms with Gasteiger partial charge in [0.2, 0.25) is 0 Å². The highest BCUT2D eigenvalue weighted by Gasteiger charge is 2.12. The zero-order chi connectivity index (χ0) is 12.4. The van der Waals surface area contributed by atoms with E-state index in [4.69, 9.17) is 16.3 Å². The molecule has 0 fully saturated rings. The zero-order valence-corrected chi connectivity index (χ0v) is 10.4.